The molecule has 0 saturated heterocycles. The van der Waals surface area contributed by atoms with Gasteiger partial charge in [-0.05, 0) is 31.5 Å². The molecule has 0 aliphatic rings. The molecule has 0 unspecified atom stereocenters. The smallest absolute Gasteiger partial charge is 0.126 e. The van der Waals surface area contributed by atoms with E-state index < -0.39 is 0 Å². The second kappa shape index (κ2) is 6.57. The van der Waals surface area contributed by atoms with Crippen molar-refractivity contribution in [1.82, 2.24) is 0 Å². The standard InChI is InChI=1S/C13H16BrNO/c1-3-4-5-6-16-13-10(2)7-12(14)8-11(13)9-15/h7-8H,5-6,9,15H2,1-2H3. The Morgan fingerprint density at radius 3 is 2.81 bits per heavy atom. The van der Waals surface area contributed by atoms with Crippen LogP contribution >= 0.6 is 15.9 Å². The number of rotatable bonds is 4. The van der Waals surface area contributed by atoms with E-state index in [1.165, 1.54) is 0 Å². The molecular weight excluding hydrogens is 266 g/mol. The second-order valence-electron chi connectivity index (χ2n) is 3.44. The molecule has 0 aliphatic carbocycles. The van der Waals surface area contributed by atoms with Crippen molar-refractivity contribution < 1.29 is 4.74 Å². The summed E-state index contributed by atoms with van der Waals surface area (Å²) >= 11 is 3.45. The molecule has 0 fully saturated rings. The third kappa shape index (κ3) is 3.55. The van der Waals surface area contributed by atoms with Gasteiger partial charge in [0.05, 0.1) is 6.61 Å². The van der Waals surface area contributed by atoms with Crippen molar-refractivity contribution in [3.8, 4) is 17.6 Å². The van der Waals surface area contributed by atoms with Crippen molar-refractivity contribution in [2.75, 3.05) is 6.61 Å². The number of ether oxygens (including phenoxy) is 1. The Balaban J connectivity index is 2.80. The van der Waals surface area contributed by atoms with Crippen LogP contribution in [0.4, 0.5) is 0 Å². The predicted octanol–water partition coefficient (Wildman–Crippen LogP) is 3.01. The fraction of sp³-hybridized carbons (Fsp3) is 0.385. The summed E-state index contributed by atoms with van der Waals surface area (Å²) in [5.41, 5.74) is 7.81. The van der Waals surface area contributed by atoms with Gasteiger partial charge in [-0.3, -0.25) is 0 Å². The topological polar surface area (TPSA) is 35.2 Å². The summed E-state index contributed by atoms with van der Waals surface area (Å²) in [6, 6.07) is 4.02. The first kappa shape index (κ1) is 13.1. The first-order valence-electron chi connectivity index (χ1n) is 5.20. The lowest BCUT2D eigenvalue weighted by Crippen LogP contribution is -2.05. The summed E-state index contributed by atoms with van der Waals surface area (Å²) in [4.78, 5) is 0. The normalized spacial score (nSPS) is 9.50. The molecule has 0 atom stereocenters. The summed E-state index contributed by atoms with van der Waals surface area (Å²) in [5, 5.41) is 0. The van der Waals surface area contributed by atoms with Gasteiger partial charge >= 0.3 is 0 Å². The van der Waals surface area contributed by atoms with Crippen LogP contribution in [0.25, 0.3) is 0 Å². The van der Waals surface area contributed by atoms with Crippen LogP contribution in [0.5, 0.6) is 5.75 Å². The van der Waals surface area contributed by atoms with Crippen LogP contribution < -0.4 is 10.5 Å². The summed E-state index contributed by atoms with van der Waals surface area (Å²) in [6.07, 6.45) is 0.746. The maximum Gasteiger partial charge on any atom is 0.126 e. The molecule has 2 nitrogen and oxygen atoms in total. The van der Waals surface area contributed by atoms with Gasteiger partial charge < -0.3 is 10.5 Å². The number of aryl methyl sites for hydroxylation is 1. The Morgan fingerprint density at radius 2 is 2.19 bits per heavy atom. The Labute approximate surface area is 105 Å². The molecule has 3 heteroatoms. The average molecular weight is 282 g/mol. The van der Waals surface area contributed by atoms with Gasteiger partial charge in [-0.2, -0.15) is 0 Å². The predicted molar refractivity (Wildman–Crippen MR) is 70.3 cm³/mol. The van der Waals surface area contributed by atoms with Crippen molar-refractivity contribution >= 4 is 15.9 Å². The van der Waals surface area contributed by atoms with E-state index in [1.54, 1.807) is 0 Å². The van der Waals surface area contributed by atoms with Gasteiger partial charge in [0.2, 0.25) is 0 Å². The van der Waals surface area contributed by atoms with Gasteiger partial charge in [-0.15, -0.1) is 11.8 Å². The maximum absolute atomic E-state index is 5.71. The van der Waals surface area contributed by atoms with E-state index in [9.17, 15) is 0 Å². The summed E-state index contributed by atoms with van der Waals surface area (Å²) in [6.45, 7) is 4.94. The third-order valence-electron chi connectivity index (χ3n) is 2.19. The van der Waals surface area contributed by atoms with Crippen molar-refractivity contribution in [2.24, 2.45) is 5.73 Å². The van der Waals surface area contributed by atoms with Crippen LogP contribution in [0.1, 0.15) is 24.5 Å². The Hall–Kier alpha value is -0.980. The molecule has 1 aromatic rings. The number of benzene rings is 1. The van der Waals surface area contributed by atoms with E-state index in [4.69, 9.17) is 10.5 Å². The Bertz CT molecular complexity index is 418. The molecule has 86 valence electrons. The number of halogens is 1. The van der Waals surface area contributed by atoms with Crippen molar-refractivity contribution in [1.29, 1.82) is 0 Å². The minimum Gasteiger partial charge on any atom is -0.492 e. The van der Waals surface area contributed by atoms with Crippen LogP contribution in [0.2, 0.25) is 0 Å². The molecule has 0 saturated carbocycles. The minimum atomic E-state index is 0.481. The van der Waals surface area contributed by atoms with E-state index in [0.717, 1.165) is 27.8 Å². The fourth-order valence-electron chi connectivity index (χ4n) is 1.49. The van der Waals surface area contributed by atoms with Crippen LogP contribution in [0.15, 0.2) is 16.6 Å². The van der Waals surface area contributed by atoms with Gasteiger partial charge in [0.15, 0.2) is 0 Å². The minimum absolute atomic E-state index is 0.481. The maximum atomic E-state index is 5.71. The number of hydrogen-bond donors (Lipinski definition) is 1. The molecule has 0 aromatic heterocycles. The van der Waals surface area contributed by atoms with Gasteiger partial charge in [0, 0.05) is 23.0 Å². The first-order chi connectivity index (χ1) is 7.69. The number of hydrogen-bond acceptors (Lipinski definition) is 2. The molecule has 16 heavy (non-hydrogen) atoms. The second-order valence-corrected chi connectivity index (χ2v) is 4.36. The SMILES string of the molecule is CC#CCCOc1c(C)cc(Br)cc1CN. The molecule has 0 heterocycles. The Kier molecular flexibility index (Phi) is 5.37. The zero-order valence-corrected chi connectivity index (χ0v) is 11.2. The fourth-order valence-corrected chi connectivity index (χ4v) is 2.11. The summed E-state index contributed by atoms with van der Waals surface area (Å²) in [5.74, 6) is 6.71. The van der Waals surface area contributed by atoms with E-state index in [1.807, 2.05) is 26.0 Å². The summed E-state index contributed by atoms with van der Waals surface area (Å²) in [7, 11) is 0. The van der Waals surface area contributed by atoms with E-state index >= 15 is 0 Å². The lowest BCUT2D eigenvalue weighted by atomic mass is 10.1. The molecule has 0 amide bonds. The summed E-state index contributed by atoms with van der Waals surface area (Å²) < 4.78 is 6.75. The van der Waals surface area contributed by atoms with E-state index in [-0.39, 0.29) is 0 Å². The van der Waals surface area contributed by atoms with Crippen LogP contribution in [-0.4, -0.2) is 6.61 Å². The van der Waals surface area contributed by atoms with Gasteiger partial charge in [0.25, 0.3) is 0 Å². The average Bonchev–Trinajstić information content (AvgIpc) is 2.26. The van der Waals surface area contributed by atoms with Crippen molar-refractivity contribution in [3.63, 3.8) is 0 Å². The van der Waals surface area contributed by atoms with Gasteiger partial charge in [-0.25, -0.2) is 0 Å². The van der Waals surface area contributed by atoms with E-state index in [0.29, 0.717) is 13.2 Å². The largest absolute Gasteiger partial charge is 0.492 e. The van der Waals surface area contributed by atoms with Crippen LogP contribution in [0, 0.1) is 18.8 Å². The molecule has 0 radical (unpaired) electrons. The zero-order valence-electron chi connectivity index (χ0n) is 9.64. The quantitative estimate of drug-likeness (QED) is 0.680. The molecule has 1 rings (SSSR count). The molecule has 2 N–H and O–H groups in total. The highest BCUT2D eigenvalue weighted by Crippen LogP contribution is 2.27. The van der Waals surface area contributed by atoms with Crippen LogP contribution in [-0.2, 0) is 6.54 Å². The van der Waals surface area contributed by atoms with Crippen molar-refractivity contribution in [2.45, 2.75) is 26.8 Å². The first-order valence-corrected chi connectivity index (χ1v) is 5.99. The highest BCUT2D eigenvalue weighted by molar-refractivity contribution is 9.10. The number of nitrogens with two attached hydrogens (primary N) is 1. The molecule has 0 aliphatic heterocycles. The lowest BCUT2D eigenvalue weighted by Gasteiger charge is -2.13. The van der Waals surface area contributed by atoms with Crippen molar-refractivity contribution in [3.05, 3.63) is 27.7 Å². The Morgan fingerprint density at radius 1 is 1.44 bits per heavy atom. The zero-order chi connectivity index (χ0) is 12.0. The monoisotopic (exact) mass is 281 g/mol. The van der Waals surface area contributed by atoms with E-state index in [2.05, 4.69) is 27.8 Å². The highest BCUT2D eigenvalue weighted by atomic mass is 79.9. The third-order valence-corrected chi connectivity index (χ3v) is 2.64. The molecule has 0 bridgehead atoms. The molecule has 0 spiro atoms. The highest BCUT2D eigenvalue weighted by Gasteiger charge is 2.07. The molecule has 1 aromatic carbocycles. The lowest BCUT2D eigenvalue weighted by molar-refractivity contribution is 0.321. The van der Waals surface area contributed by atoms with Crippen LogP contribution in [0.3, 0.4) is 0 Å². The molecular formula is C13H16BrNO. The van der Waals surface area contributed by atoms with Gasteiger partial charge in [-0.1, -0.05) is 15.9 Å². The van der Waals surface area contributed by atoms with Gasteiger partial charge in [0.1, 0.15) is 5.75 Å².